The molecule has 0 amide bonds. The van der Waals surface area contributed by atoms with Crippen molar-refractivity contribution in [3.05, 3.63) is 0 Å². The molecule has 2 atom stereocenters. The fraction of sp³-hybridized carbons (Fsp3) is 1.00. The van der Waals surface area contributed by atoms with Crippen LogP contribution in [0.1, 0.15) is 26.2 Å². The fourth-order valence-electron chi connectivity index (χ4n) is 1.76. The Bertz CT molecular complexity index is 276. The Morgan fingerprint density at radius 2 is 2.13 bits per heavy atom. The van der Waals surface area contributed by atoms with Gasteiger partial charge in [-0.1, -0.05) is 0 Å². The van der Waals surface area contributed by atoms with E-state index in [0.717, 1.165) is 25.9 Å². The summed E-state index contributed by atoms with van der Waals surface area (Å²) in [5.74, 6) is 0.266. The molecule has 1 aliphatic heterocycles. The van der Waals surface area contributed by atoms with Crippen molar-refractivity contribution >= 4 is 9.84 Å². The third-order valence-corrected chi connectivity index (χ3v) is 3.59. The number of hydrogen-bond donors (Lipinski definition) is 1. The monoisotopic (exact) mass is 235 g/mol. The van der Waals surface area contributed by atoms with Gasteiger partial charge < -0.3 is 10.1 Å². The summed E-state index contributed by atoms with van der Waals surface area (Å²) in [7, 11) is -2.80. The molecule has 4 nitrogen and oxygen atoms in total. The van der Waals surface area contributed by atoms with Crippen LogP contribution in [0.15, 0.2) is 0 Å². The summed E-state index contributed by atoms with van der Waals surface area (Å²) in [5.41, 5.74) is 0. The van der Waals surface area contributed by atoms with Crippen LogP contribution < -0.4 is 5.32 Å². The predicted molar refractivity (Wildman–Crippen MR) is 60.8 cm³/mol. The minimum Gasteiger partial charge on any atom is -0.374 e. The Labute approximate surface area is 92.3 Å². The summed E-state index contributed by atoms with van der Waals surface area (Å²) < 4.78 is 27.3. The Hall–Kier alpha value is -0.130. The van der Waals surface area contributed by atoms with Crippen molar-refractivity contribution in [2.24, 2.45) is 0 Å². The first-order valence-electron chi connectivity index (χ1n) is 5.51. The van der Waals surface area contributed by atoms with Gasteiger partial charge in [-0.15, -0.1) is 0 Å². The second kappa shape index (κ2) is 5.82. The van der Waals surface area contributed by atoms with Crippen LogP contribution in [0.5, 0.6) is 0 Å². The lowest BCUT2D eigenvalue weighted by Gasteiger charge is -2.11. The minimum absolute atomic E-state index is 0.266. The van der Waals surface area contributed by atoms with Gasteiger partial charge in [-0.2, -0.15) is 0 Å². The standard InChI is InChI=1S/C10H21NO3S/c1-9-4-5-10(14-9)8-11-6-3-7-15(2,12)13/h9-11H,3-8H2,1-2H3. The predicted octanol–water partition coefficient (Wildman–Crippen LogP) is 0.578. The topological polar surface area (TPSA) is 55.4 Å². The number of ether oxygens (including phenoxy) is 1. The van der Waals surface area contributed by atoms with Crippen LogP contribution in [0, 0.1) is 0 Å². The van der Waals surface area contributed by atoms with Gasteiger partial charge in [-0.25, -0.2) is 8.42 Å². The van der Waals surface area contributed by atoms with Crippen LogP contribution in [0.25, 0.3) is 0 Å². The van der Waals surface area contributed by atoms with Crippen LogP contribution in [0.3, 0.4) is 0 Å². The van der Waals surface area contributed by atoms with Gasteiger partial charge in [0.05, 0.1) is 18.0 Å². The number of nitrogens with one attached hydrogen (secondary N) is 1. The molecule has 0 aromatic carbocycles. The normalized spacial score (nSPS) is 27.1. The first kappa shape index (κ1) is 12.9. The van der Waals surface area contributed by atoms with E-state index in [2.05, 4.69) is 12.2 Å². The summed E-state index contributed by atoms with van der Waals surface area (Å²) in [4.78, 5) is 0. The summed E-state index contributed by atoms with van der Waals surface area (Å²) in [5, 5.41) is 3.23. The highest BCUT2D eigenvalue weighted by Crippen LogP contribution is 2.17. The molecular formula is C10H21NO3S. The van der Waals surface area contributed by atoms with E-state index >= 15 is 0 Å². The molecule has 0 saturated carbocycles. The smallest absolute Gasteiger partial charge is 0.147 e. The van der Waals surface area contributed by atoms with E-state index in [9.17, 15) is 8.42 Å². The van der Waals surface area contributed by atoms with Crippen LogP contribution in [0.2, 0.25) is 0 Å². The Morgan fingerprint density at radius 1 is 1.40 bits per heavy atom. The van der Waals surface area contributed by atoms with E-state index in [4.69, 9.17) is 4.74 Å². The zero-order chi connectivity index (χ0) is 11.3. The van der Waals surface area contributed by atoms with Gasteiger partial charge >= 0.3 is 0 Å². The molecule has 0 spiro atoms. The highest BCUT2D eigenvalue weighted by atomic mass is 32.2. The van der Waals surface area contributed by atoms with E-state index in [1.807, 2.05) is 0 Å². The van der Waals surface area contributed by atoms with Gasteiger partial charge in [0.1, 0.15) is 9.84 Å². The molecule has 1 saturated heterocycles. The molecule has 90 valence electrons. The van der Waals surface area contributed by atoms with Crippen LogP contribution >= 0.6 is 0 Å². The molecule has 2 unspecified atom stereocenters. The Balaban J connectivity index is 1.98. The van der Waals surface area contributed by atoms with Crippen LogP contribution in [0.4, 0.5) is 0 Å². The second-order valence-corrected chi connectivity index (χ2v) is 6.59. The minimum atomic E-state index is -2.80. The molecule has 1 fully saturated rings. The van der Waals surface area contributed by atoms with Crippen molar-refractivity contribution in [1.82, 2.24) is 5.32 Å². The molecule has 15 heavy (non-hydrogen) atoms. The number of sulfone groups is 1. The first-order chi connectivity index (χ1) is 6.97. The zero-order valence-corrected chi connectivity index (χ0v) is 10.3. The van der Waals surface area contributed by atoms with Crippen LogP contribution in [-0.4, -0.2) is 45.7 Å². The van der Waals surface area contributed by atoms with E-state index in [-0.39, 0.29) is 5.75 Å². The molecule has 1 N–H and O–H groups in total. The number of hydrogen-bond acceptors (Lipinski definition) is 4. The SMILES string of the molecule is CC1CCC(CNCCCS(C)(=O)=O)O1. The fourth-order valence-corrected chi connectivity index (χ4v) is 2.43. The molecule has 0 aromatic heterocycles. The van der Waals surface area contributed by atoms with Crippen molar-refractivity contribution in [3.8, 4) is 0 Å². The summed E-state index contributed by atoms with van der Waals surface area (Å²) >= 11 is 0. The molecule has 0 bridgehead atoms. The van der Waals surface area contributed by atoms with Gasteiger partial charge in [0.25, 0.3) is 0 Å². The van der Waals surface area contributed by atoms with E-state index in [0.29, 0.717) is 18.6 Å². The van der Waals surface area contributed by atoms with Crippen LogP contribution in [-0.2, 0) is 14.6 Å². The summed E-state index contributed by atoms with van der Waals surface area (Å²) in [6.45, 7) is 3.68. The lowest BCUT2D eigenvalue weighted by atomic mass is 10.2. The summed E-state index contributed by atoms with van der Waals surface area (Å²) in [6.07, 6.45) is 4.90. The van der Waals surface area contributed by atoms with Crippen molar-refractivity contribution in [3.63, 3.8) is 0 Å². The van der Waals surface area contributed by atoms with Gasteiger partial charge in [-0.05, 0) is 32.7 Å². The van der Waals surface area contributed by atoms with Gasteiger partial charge in [0.15, 0.2) is 0 Å². The molecule has 1 heterocycles. The maximum Gasteiger partial charge on any atom is 0.147 e. The molecule has 5 heteroatoms. The maximum absolute atomic E-state index is 10.8. The van der Waals surface area contributed by atoms with Gasteiger partial charge in [0.2, 0.25) is 0 Å². The Kier molecular flexibility index (Phi) is 5.02. The molecule has 1 rings (SSSR count). The third kappa shape index (κ3) is 6.12. The molecule has 1 aliphatic rings. The van der Waals surface area contributed by atoms with E-state index < -0.39 is 9.84 Å². The maximum atomic E-state index is 10.8. The van der Waals surface area contributed by atoms with Gasteiger partial charge in [0, 0.05) is 12.8 Å². The van der Waals surface area contributed by atoms with Crippen molar-refractivity contribution < 1.29 is 13.2 Å². The Morgan fingerprint density at radius 3 is 2.67 bits per heavy atom. The highest BCUT2D eigenvalue weighted by Gasteiger charge is 2.20. The first-order valence-corrected chi connectivity index (χ1v) is 7.57. The third-order valence-electron chi connectivity index (χ3n) is 2.56. The second-order valence-electron chi connectivity index (χ2n) is 4.33. The van der Waals surface area contributed by atoms with Gasteiger partial charge in [-0.3, -0.25) is 0 Å². The molecule has 0 aliphatic carbocycles. The van der Waals surface area contributed by atoms with E-state index in [1.165, 1.54) is 6.26 Å². The average Bonchev–Trinajstić information content (AvgIpc) is 2.49. The van der Waals surface area contributed by atoms with Crippen molar-refractivity contribution in [2.75, 3.05) is 25.1 Å². The quantitative estimate of drug-likeness (QED) is 0.684. The molecular weight excluding hydrogens is 214 g/mol. The highest BCUT2D eigenvalue weighted by molar-refractivity contribution is 7.90. The lowest BCUT2D eigenvalue weighted by Crippen LogP contribution is -2.28. The largest absolute Gasteiger partial charge is 0.374 e. The zero-order valence-electron chi connectivity index (χ0n) is 9.53. The molecule has 0 aromatic rings. The van der Waals surface area contributed by atoms with Crippen molar-refractivity contribution in [2.45, 2.75) is 38.4 Å². The molecule has 0 radical (unpaired) electrons. The lowest BCUT2D eigenvalue weighted by molar-refractivity contribution is 0.0562. The summed E-state index contributed by atoms with van der Waals surface area (Å²) in [6, 6.07) is 0. The average molecular weight is 235 g/mol. The van der Waals surface area contributed by atoms with E-state index in [1.54, 1.807) is 0 Å². The number of rotatable bonds is 6. The van der Waals surface area contributed by atoms with Crippen molar-refractivity contribution in [1.29, 1.82) is 0 Å².